The van der Waals surface area contributed by atoms with Crippen molar-refractivity contribution >= 4 is 5.97 Å². The summed E-state index contributed by atoms with van der Waals surface area (Å²) < 4.78 is 2.10. The quantitative estimate of drug-likeness (QED) is 0.806. The van der Waals surface area contributed by atoms with E-state index < -0.39 is 5.97 Å². The molecule has 0 aliphatic carbocycles. The predicted octanol–water partition coefficient (Wildman–Crippen LogP) is 2.34. The van der Waals surface area contributed by atoms with Crippen molar-refractivity contribution in [3.05, 3.63) is 18.2 Å². The SMILES string of the molecule is CCCn1ccnc1CC(C)(C)CC(=O)O. The summed E-state index contributed by atoms with van der Waals surface area (Å²) >= 11 is 0. The highest BCUT2D eigenvalue weighted by atomic mass is 16.4. The summed E-state index contributed by atoms with van der Waals surface area (Å²) in [5.41, 5.74) is -0.247. The third-order valence-corrected chi connectivity index (χ3v) is 2.53. The van der Waals surface area contributed by atoms with Gasteiger partial charge in [-0.25, -0.2) is 4.98 Å². The van der Waals surface area contributed by atoms with Gasteiger partial charge in [0, 0.05) is 25.4 Å². The van der Waals surface area contributed by atoms with E-state index in [1.165, 1.54) is 0 Å². The number of aromatic nitrogens is 2. The van der Waals surface area contributed by atoms with Gasteiger partial charge in [0.15, 0.2) is 0 Å². The second kappa shape index (κ2) is 5.14. The normalized spacial score (nSPS) is 11.7. The van der Waals surface area contributed by atoms with Crippen molar-refractivity contribution in [3.8, 4) is 0 Å². The monoisotopic (exact) mass is 224 g/mol. The first-order chi connectivity index (χ1) is 7.44. The predicted molar refractivity (Wildman–Crippen MR) is 62.3 cm³/mol. The molecule has 0 saturated heterocycles. The number of nitrogens with zero attached hydrogens (tertiary/aromatic N) is 2. The molecular formula is C12H20N2O2. The Hall–Kier alpha value is -1.32. The molecule has 4 nitrogen and oxygen atoms in total. The van der Waals surface area contributed by atoms with Crippen molar-refractivity contribution < 1.29 is 9.90 Å². The van der Waals surface area contributed by atoms with Gasteiger partial charge in [-0.05, 0) is 11.8 Å². The molecule has 1 aromatic rings. The highest BCUT2D eigenvalue weighted by Crippen LogP contribution is 2.25. The van der Waals surface area contributed by atoms with Crippen molar-refractivity contribution in [2.45, 2.75) is 46.6 Å². The molecule has 0 bridgehead atoms. The molecule has 0 aliphatic rings. The first-order valence-electron chi connectivity index (χ1n) is 5.66. The number of aryl methyl sites for hydroxylation is 1. The van der Waals surface area contributed by atoms with Crippen molar-refractivity contribution in [2.24, 2.45) is 5.41 Å². The van der Waals surface area contributed by atoms with Crippen LogP contribution in [0, 0.1) is 5.41 Å². The van der Waals surface area contributed by atoms with Crippen LogP contribution in [0.4, 0.5) is 0 Å². The van der Waals surface area contributed by atoms with Crippen molar-refractivity contribution in [1.82, 2.24) is 9.55 Å². The Morgan fingerprint density at radius 1 is 1.56 bits per heavy atom. The Morgan fingerprint density at radius 3 is 2.81 bits per heavy atom. The van der Waals surface area contributed by atoms with E-state index in [0.29, 0.717) is 6.42 Å². The molecule has 16 heavy (non-hydrogen) atoms. The van der Waals surface area contributed by atoms with Gasteiger partial charge in [-0.2, -0.15) is 0 Å². The number of carboxylic acid groups (broad SMARTS) is 1. The van der Waals surface area contributed by atoms with Crippen molar-refractivity contribution in [3.63, 3.8) is 0 Å². The summed E-state index contributed by atoms with van der Waals surface area (Å²) in [7, 11) is 0. The fourth-order valence-corrected chi connectivity index (χ4v) is 1.85. The van der Waals surface area contributed by atoms with E-state index in [0.717, 1.165) is 18.8 Å². The fraction of sp³-hybridized carbons (Fsp3) is 0.667. The Morgan fingerprint density at radius 2 is 2.25 bits per heavy atom. The molecule has 0 atom stereocenters. The molecule has 0 aromatic carbocycles. The maximum atomic E-state index is 10.7. The second-order valence-electron chi connectivity index (χ2n) is 4.95. The first kappa shape index (κ1) is 12.7. The van der Waals surface area contributed by atoms with Crippen LogP contribution in [0.3, 0.4) is 0 Å². The number of hydrogen-bond acceptors (Lipinski definition) is 2. The van der Waals surface area contributed by atoms with E-state index in [2.05, 4.69) is 16.5 Å². The first-order valence-corrected chi connectivity index (χ1v) is 5.66. The molecule has 0 aliphatic heterocycles. The maximum Gasteiger partial charge on any atom is 0.303 e. The zero-order chi connectivity index (χ0) is 12.2. The van der Waals surface area contributed by atoms with Crippen molar-refractivity contribution in [2.75, 3.05) is 0 Å². The molecule has 1 heterocycles. The van der Waals surface area contributed by atoms with Gasteiger partial charge >= 0.3 is 5.97 Å². The minimum absolute atomic E-state index is 0.173. The van der Waals surface area contributed by atoms with Crippen LogP contribution in [0.15, 0.2) is 12.4 Å². The summed E-state index contributed by atoms with van der Waals surface area (Å²) in [5, 5.41) is 8.82. The zero-order valence-corrected chi connectivity index (χ0v) is 10.2. The third kappa shape index (κ3) is 3.68. The summed E-state index contributed by atoms with van der Waals surface area (Å²) in [6.45, 7) is 6.99. The van der Waals surface area contributed by atoms with E-state index in [9.17, 15) is 4.79 Å². The van der Waals surface area contributed by atoms with Gasteiger partial charge in [-0.1, -0.05) is 20.8 Å². The van der Waals surface area contributed by atoms with Crippen LogP contribution in [-0.4, -0.2) is 20.6 Å². The van der Waals surface area contributed by atoms with E-state index >= 15 is 0 Å². The summed E-state index contributed by atoms with van der Waals surface area (Å²) in [5.74, 6) is 0.228. The number of aliphatic carboxylic acids is 1. The van der Waals surface area contributed by atoms with Crippen LogP contribution in [0.5, 0.6) is 0 Å². The molecule has 0 spiro atoms. The fourth-order valence-electron chi connectivity index (χ4n) is 1.85. The van der Waals surface area contributed by atoms with E-state index in [1.807, 2.05) is 20.0 Å². The van der Waals surface area contributed by atoms with Crippen LogP contribution < -0.4 is 0 Å². The number of imidazole rings is 1. The molecule has 0 saturated carbocycles. The number of rotatable bonds is 6. The molecule has 4 heteroatoms. The Labute approximate surface area is 96.3 Å². The van der Waals surface area contributed by atoms with Crippen LogP contribution in [-0.2, 0) is 17.8 Å². The minimum Gasteiger partial charge on any atom is -0.481 e. The molecule has 90 valence electrons. The second-order valence-corrected chi connectivity index (χ2v) is 4.95. The highest BCUT2D eigenvalue weighted by molar-refractivity contribution is 5.67. The largest absolute Gasteiger partial charge is 0.481 e. The minimum atomic E-state index is -0.751. The van der Waals surface area contributed by atoms with Gasteiger partial charge in [0.25, 0.3) is 0 Å². The molecule has 0 fully saturated rings. The van der Waals surface area contributed by atoms with Gasteiger partial charge < -0.3 is 9.67 Å². The van der Waals surface area contributed by atoms with Crippen molar-refractivity contribution in [1.29, 1.82) is 0 Å². The average Bonchev–Trinajstić information content (AvgIpc) is 2.50. The van der Waals surface area contributed by atoms with Crippen LogP contribution in [0.1, 0.15) is 39.4 Å². The van der Waals surface area contributed by atoms with Crippen LogP contribution in [0.2, 0.25) is 0 Å². The summed E-state index contributed by atoms with van der Waals surface area (Å²) in [6, 6.07) is 0. The zero-order valence-electron chi connectivity index (χ0n) is 10.2. The third-order valence-electron chi connectivity index (χ3n) is 2.53. The lowest BCUT2D eigenvalue weighted by Crippen LogP contribution is -2.22. The van der Waals surface area contributed by atoms with Gasteiger partial charge in [0.05, 0.1) is 6.42 Å². The Kier molecular flexibility index (Phi) is 4.10. The molecule has 1 aromatic heterocycles. The average molecular weight is 224 g/mol. The number of carbonyl (C=O) groups is 1. The summed E-state index contributed by atoms with van der Waals surface area (Å²) in [4.78, 5) is 15.0. The standard InChI is InChI=1S/C12H20N2O2/c1-4-6-14-7-5-13-10(14)8-12(2,3)9-11(15)16/h5,7H,4,6,8-9H2,1-3H3,(H,15,16). The number of hydrogen-bond donors (Lipinski definition) is 1. The molecule has 0 radical (unpaired) electrons. The van der Waals surface area contributed by atoms with E-state index in [4.69, 9.17) is 5.11 Å². The molecule has 1 rings (SSSR count). The lowest BCUT2D eigenvalue weighted by atomic mass is 9.85. The van der Waals surface area contributed by atoms with Gasteiger partial charge in [-0.15, -0.1) is 0 Å². The van der Waals surface area contributed by atoms with Crippen LogP contribution in [0.25, 0.3) is 0 Å². The van der Waals surface area contributed by atoms with Gasteiger partial charge in [-0.3, -0.25) is 4.79 Å². The Bertz CT molecular complexity index is 356. The lowest BCUT2D eigenvalue weighted by Gasteiger charge is -2.22. The highest BCUT2D eigenvalue weighted by Gasteiger charge is 2.24. The van der Waals surface area contributed by atoms with Gasteiger partial charge in [0.1, 0.15) is 5.82 Å². The van der Waals surface area contributed by atoms with E-state index in [-0.39, 0.29) is 11.8 Å². The summed E-state index contributed by atoms with van der Waals surface area (Å²) in [6.07, 6.45) is 5.67. The smallest absolute Gasteiger partial charge is 0.303 e. The van der Waals surface area contributed by atoms with Gasteiger partial charge in [0.2, 0.25) is 0 Å². The topological polar surface area (TPSA) is 55.1 Å². The van der Waals surface area contributed by atoms with E-state index in [1.54, 1.807) is 6.20 Å². The number of carboxylic acids is 1. The lowest BCUT2D eigenvalue weighted by molar-refractivity contribution is -0.139. The maximum absolute atomic E-state index is 10.7. The molecule has 0 amide bonds. The molecular weight excluding hydrogens is 204 g/mol. The molecule has 0 unspecified atom stereocenters. The molecule has 1 N–H and O–H groups in total. The van der Waals surface area contributed by atoms with Crippen LogP contribution >= 0.6 is 0 Å². The Balaban J connectivity index is 2.71.